The molecule has 0 saturated heterocycles. The highest BCUT2D eigenvalue weighted by molar-refractivity contribution is 14.1. The molecule has 2 rings (SSSR count). The maximum atomic E-state index is 13.5. The SMILES string of the molecule is CC1=CC(C)CC(C)OC(=O)C(CO)NC(=O)C(Cc2ccc(O)c(I)c2)N(C)C(=O)C(C)NC(=O)C(C)C1. The number of likely N-dealkylation sites (N-methyl/N-ethyl adjacent to an activating group) is 1. The first-order chi connectivity index (χ1) is 18.2. The highest BCUT2D eigenvalue weighted by atomic mass is 127. The maximum Gasteiger partial charge on any atom is 0.331 e. The van der Waals surface area contributed by atoms with E-state index < -0.39 is 48.6 Å². The standard InChI is InChI=1S/C28H40IN3O7/c1-15-9-16(2)11-18(4)39-28(38)22(14-33)31-26(36)23(13-20-7-8-24(34)21(29)12-20)32(6)27(37)19(5)30-25(35)17(3)10-15/h7-9,12,16-19,22-23,33-34H,10-11,13-14H2,1-6H3,(H,30,35)(H,31,36). The molecule has 0 fully saturated rings. The van der Waals surface area contributed by atoms with Gasteiger partial charge in [0.05, 0.1) is 16.3 Å². The van der Waals surface area contributed by atoms with Crippen LogP contribution >= 0.6 is 22.6 Å². The predicted molar refractivity (Wildman–Crippen MR) is 155 cm³/mol. The number of carbonyl (C=O) groups is 4. The van der Waals surface area contributed by atoms with Gasteiger partial charge in [-0.2, -0.15) is 0 Å². The predicted octanol–water partition coefficient (Wildman–Crippen LogP) is 2.29. The lowest BCUT2D eigenvalue weighted by Crippen LogP contribution is -2.57. The summed E-state index contributed by atoms with van der Waals surface area (Å²) in [6.07, 6.45) is 2.62. The van der Waals surface area contributed by atoms with Crippen molar-refractivity contribution in [2.24, 2.45) is 11.8 Å². The lowest BCUT2D eigenvalue weighted by atomic mass is 9.95. The van der Waals surface area contributed by atoms with E-state index in [-0.39, 0.29) is 29.9 Å². The number of nitrogens with one attached hydrogen (secondary N) is 2. The fraction of sp³-hybridized carbons (Fsp3) is 0.571. The van der Waals surface area contributed by atoms with E-state index in [0.717, 1.165) is 5.57 Å². The molecule has 11 heteroatoms. The minimum atomic E-state index is -1.32. The highest BCUT2D eigenvalue weighted by Crippen LogP contribution is 2.22. The Morgan fingerprint density at radius 3 is 2.36 bits per heavy atom. The van der Waals surface area contributed by atoms with Gasteiger partial charge >= 0.3 is 5.97 Å². The quantitative estimate of drug-likeness (QED) is 0.222. The van der Waals surface area contributed by atoms with Gasteiger partial charge in [-0.15, -0.1) is 0 Å². The molecule has 0 aliphatic carbocycles. The fourth-order valence-corrected chi connectivity index (χ4v) is 5.26. The summed E-state index contributed by atoms with van der Waals surface area (Å²) in [7, 11) is 1.45. The first-order valence-corrected chi connectivity index (χ1v) is 14.1. The molecule has 216 valence electrons. The molecule has 0 saturated carbocycles. The molecule has 0 radical (unpaired) electrons. The zero-order valence-corrected chi connectivity index (χ0v) is 25.5. The summed E-state index contributed by atoms with van der Waals surface area (Å²) in [5.74, 6) is -2.46. The van der Waals surface area contributed by atoms with E-state index in [9.17, 15) is 29.4 Å². The molecular weight excluding hydrogens is 617 g/mol. The molecule has 4 N–H and O–H groups in total. The van der Waals surface area contributed by atoms with Crippen LogP contribution in [0.4, 0.5) is 0 Å². The molecule has 0 bridgehead atoms. The number of cyclic esters (lactones) is 1. The van der Waals surface area contributed by atoms with Crippen LogP contribution in [-0.4, -0.2) is 76.7 Å². The number of phenols is 1. The van der Waals surface area contributed by atoms with Crippen LogP contribution in [0.15, 0.2) is 29.8 Å². The van der Waals surface area contributed by atoms with Crippen molar-refractivity contribution in [2.75, 3.05) is 13.7 Å². The zero-order valence-electron chi connectivity index (χ0n) is 23.4. The van der Waals surface area contributed by atoms with Crippen molar-refractivity contribution < 1.29 is 34.1 Å². The van der Waals surface area contributed by atoms with Crippen molar-refractivity contribution >= 4 is 46.3 Å². The molecule has 3 amide bonds. The van der Waals surface area contributed by atoms with Crippen molar-refractivity contribution in [3.63, 3.8) is 0 Å². The Hall–Kier alpha value is -2.67. The van der Waals surface area contributed by atoms with Gasteiger partial charge in [-0.05, 0) is 79.8 Å². The van der Waals surface area contributed by atoms with Gasteiger partial charge in [0.25, 0.3) is 0 Å². The number of hydrogen-bond donors (Lipinski definition) is 4. The van der Waals surface area contributed by atoms with Crippen molar-refractivity contribution in [3.8, 4) is 5.75 Å². The van der Waals surface area contributed by atoms with E-state index in [4.69, 9.17) is 4.74 Å². The van der Waals surface area contributed by atoms with Crippen LogP contribution < -0.4 is 10.6 Å². The number of ether oxygens (including phenoxy) is 1. The number of carbonyl (C=O) groups excluding carboxylic acids is 4. The van der Waals surface area contributed by atoms with E-state index in [1.807, 2.05) is 42.5 Å². The van der Waals surface area contributed by atoms with Gasteiger partial charge in [-0.25, -0.2) is 4.79 Å². The van der Waals surface area contributed by atoms with Crippen molar-refractivity contribution in [2.45, 2.75) is 78.1 Å². The van der Waals surface area contributed by atoms with E-state index in [2.05, 4.69) is 10.6 Å². The molecule has 0 aromatic heterocycles. The van der Waals surface area contributed by atoms with E-state index in [1.165, 1.54) is 18.0 Å². The minimum Gasteiger partial charge on any atom is -0.507 e. The first kappa shape index (κ1) is 32.5. The summed E-state index contributed by atoms with van der Waals surface area (Å²) in [5.41, 5.74) is 1.67. The number of phenolic OH excluding ortho intramolecular Hbond substituents is 1. The summed E-state index contributed by atoms with van der Waals surface area (Å²) in [5, 5.41) is 25.1. The van der Waals surface area contributed by atoms with Crippen molar-refractivity contribution in [1.82, 2.24) is 15.5 Å². The summed E-state index contributed by atoms with van der Waals surface area (Å²) in [6.45, 7) is 8.32. The number of allylic oxidation sites excluding steroid dienone is 2. The summed E-state index contributed by atoms with van der Waals surface area (Å²) >= 11 is 1.96. The Balaban J connectivity index is 2.44. The molecule has 1 aliphatic rings. The number of rotatable bonds is 3. The third kappa shape index (κ3) is 9.48. The minimum absolute atomic E-state index is 0.0516. The fourth-order valence-electron chi connectivity index (χ4n) is 4.68. The average Bonchev–Trinajstić information content (AvgIpc) is 2.85. The number of hydrogen-bond acceptors (Lipinski definition) is 7. The Kier molecular flexibility index (Phi) is 12.2. The van der Waals surface area contributed by atoms with Crippen LogP contribution in [0.1, 0.15) is 53.0 Å². The smallest absolute Gasteiger partial charge is 0.331 e. The van der Waals surface area contributed by atoms with Gasteiger partial charge in [0, 0.05) is 19.4 Å². The van der Waals surface area contributed by atoms with Crippen LogP contribution in [0.2, 0.25) is 0 Å². The Bertz CT molecular complexity index is 1090. The van der Waals surface area contributed by atoms with Crippen LogP contribution in [0.3, 0.4) is 0 Å². The summed E-state index contributed by atoms with van der Waals surface area (Å²) in [4.78, 5) is 53.7. The summed E-state index contributed by atoms with van der Waals surface area (Å²) < 4.78 is 6.09. The van der Waals surface area contributed by atoms with E-state index in [0.29, 0.717) is 22.0 Å². The number of nitrogens with zero attached hydrogens (tertiary/aromatic N) is 1. The number of aromatic hydroxyl groups is 1. The van der Waals surface area contributed by atoms with Gasteiger partial charge < -0.3 is 30.5 Å². The van der Waals surface area contributed by atoms with Crippen LogP contribution in [0.5, 0.6) is 5.75 Å². The highest BCUT2D eigenvalue weighted by Gasteiger charge is 2.34. The summed E-state index contributed by atoms with van der Waals surface area (Å²) in [6, 6.07) is 1.50. The molecule has 6 unspecified atom stereocenters. The molecule has 0 spiro atoms. The second kappa shape index (κ2) is 14.6. The Morgan fingerprint density at radius 1 is 1.08 bits per heavy atom. The largest absolute Gasteiger partial charge is 0.507 e. The van der Waals surface area contributed by atoms with Gasteiger partial charge in [0.15, 0.2) is 6.04 Å². The zero-order chi connectivity index (χ0) is 29.4. The second-order valence-corrected chi connectivity index (χ2v) is 11.7. The van der Waals surface area contributed by atoms with Gasteiger partial charge in [0.1, 0.15) is 17.8 Å². The van der Waals surface area contributed by atoms with Crippen LogP contribution in [0, 0.1) is 15.4 Å². The van der Waals surface area contributed by atoms with E-state index >= 15 is 0 Å². The number of aliphatic hydroxyl groups excluding tert-OH is 1. The van der Waals surface area contributed by atoms with Gasteiger partial charge in [0.2, 0.25) is 17.7 Å². The third-order valence-corrected chi connectivity index (χ3v) is 7.60. The third-order valence-electron chi connectivity index (χ3n) is 6.74. The molecular formula is C28H40IN3O7. The topological polar surface area (TPSA) is 145 Å². The number of amides is 3. The van der Waals surface area contributed by atoms with Gasteiger partial charge in [-0.3, -0.25) is 14.4 Å². The maximum absolute atomic E-state index is 13.5. The lowest BCUT2D eigenvalue weighted by Gasteiger charge is -2.31. The van der Waals surface area contributed by atoms with Crippen molar-refractivity contribution in [1.29, 1.82) is 0 Å². The number of benzene rings is 1. The van der Waals surface area contributed by atoms with Crippen LogP contribution in [-0.2, 0) is 30.3 Å². The molecule has 39 heavy (non-hydrogen) atoms. The normalized spacial score (nSPS) is 28.5. The monoisotopic (exact) mass is 657 g/mol. The molecule has 1 heterocycles. The number of halogens is 1. The Labute approximate surface area is 243 Å². The number of esters is 1. The first-order valence-electron chi connectivity index (χ1n) is 13.1. The lowest BCUT2D eigenvalue weighted by molar-refractivity contribution is -0.154. The van der Waals surface area contributed by atoms with Crippen LogP contribution in [0.25, 0.3) is 0 Å². The van der Waals surface area contributed by atoms with Crippen molar-refractivity contribution in [3.05, 3.63) is 39.0 Å². The molecule has 1 aromatic carbocycles. The average molecular weight is 658 g/mol. The second-order valence-electron chi connectivity index (χ2n) is 10.5. The Morgan fingerprint density at radius 2 is 1.74 bits per heavy atom. The van der Waals surface area contributed by atoms with E-state index in [1.54, 1.807) is 32.9 Å². The molecule has 10 nitrogen and oxygen atoms in total. The number of aliphatic hydroxyl groups is 1. The molecule has 1 aromatic rings. The molecule has 1 aliphatic heterocycles. The van der Waals surface area contributed by atoms with Gasteiger partial charge in [-0.1, -0.05) is 31.6 Å². The molecule has 6 atom stereocenters.